The van der Waals surface area contributed by atoms with Crippen molar-refractivity contribution in [3.8, 4) is 0 Å². The highest BCUT2D eigenvalue weighted by Gasteiger charge is 2.05. The molecule has 0 saturated heterocycles. The van der Waals surface area contributed by atoms with Gasteiger partial charge in [0.25, 0.3) is 0 Å². The number of benzene rings is 2. The molecule has 0 bridgehead atoms. The molecule has 0 aliphatic carbocycles. The lowest BCUT2D eigenvalue weighted by Crippen LogP contribution is -2.16. The summed E-state index contributed by atoms with van der Waals surface area (Å²) in [6, 6.07) is 11.8. The van der Waals surface area contributed by atoms with E-state index in [1.54, 1.807) is 0 Å². The van der Waals surface area contributed by atoms with Crippen molar-refractivity contribution >= 4 is 28.9 Å². The molecule has 0 aromatic heterocycles. The minimum absolute atomic E-state index is 0.000548. The van der Waals surface area contributed by atoms with Gasteiger partial charge in [0.1, 0.15) is 0 Å². The van der Waals surface area contributed by atoms with Crippen molar-refractivity contribution in [2.45, 2.75) is 27.2 Å². The molecule has 2 N–H and O–H groups in total. The Morgan fingerprint density at radius 1 is 1.05 bits per heavy atom. The molecule has 0 unspecified atom stereocenters. The summed E-state index contributed by atoms with van der Waals surface area (Å²) in [6.07, 6.45) is 0.402. The van der Waals surface area contributed by atoms with Gasteiger partial charge in [0.05, 0.1) is 0 Å². The molecule has 22 heavy (non-hydrogen) atoms. The molecule has 0 atom stereocenters. The van der Waals surface area contributed by atoms with Crippen LogP contribution in [0.5, 0.6) is 0 Å². The molecule has 2 aromatic rings. The lowest BCUT2D eigenvalue weighted by Gasteiger charge is -2.11. The van der Waals surface area contributed by atoms with Crippen molar-refractivity contribution < 1.29 is 4.79 Å². The molecular weight excluding hydrogens is 296 g/mol. The SMILES string of the molecule is Cc1ccc(C)c(NC(=O)CCNc2ccc(C)c(Cl)c2)c1. The van der Waals surface area contributed by atoms with Gasteiger partial charge in [-0.05, 0) is 55.7 Å². The summed E-state index contributed by atoms with van der Waals surface area (Å²) in [6.45, 7) is 6.53. The van der Waals surface area contributed by atoms with Gasteiger partial charge in [0.2, 0.25) is 5.91 Å². The van der Waals surface area contributed by atoms with Gasteiger partial charge < -0.3 is 10.6 Å². The van der Waals surface area contributed by atoms with E-state index in [1.165, 1.54) is 0 Å². The molecule has 0 radical (unpaired) electrons. The second-order valence-electron chi connectivity index (χ2n) is 5.51. The van der Waals surface area contributed by atoms with Crippen molar-refractivity contribution in [3.63, 3.8) is 0 Å². The number of carbonyl (C=O) groups excluding carboxylic acids is 1. The van der Waals surface area contributed by atoms with Crippen molar-refractivity contribution in [1.29, 1.82) is 0 Å². The van der Waals surface area contributed by atoms with Crippen LogP contribution in [0.4, 0.5) is 11.4 Å². The fourth-order valence-electron chi connectivity index (χ4n) is 2.11. The fraction of sp³-hybridized carbons (Fsp3) is 0.278. The minimum atomic E-state index is -0.000548. The topological polar surface area (TPSA) is 41.1 Å². The van der Waals surface area contributed by atoms with Crippen LogP contribution in [0.3, 0.4) is 0 Å². The van der Waals surface area contributed by atoms with Crippen LogP contribution in [0.15, 0.2) is 36.4 Å². The third-order valence-corrected chi connectivity index (χ3v) is 3.93. The van der Waals surface area contributed by atoms with Crippen molar-refractivity contribution in [3.05, 3.63) is 58.1 Å². The third-order valence-electron chi connectivity index (χ3n) is 3.52. The lowest BCUT2D eigenvalue weighted by molar-refractivity contribution is -0.115. The van der Waals surface area contributed by atoms with Crippen molar-refractivity contribution in [1.82, 2.24) is 0 Å². The Balaban J connectivity index is 1.85. The average molecular weight is 317 g/mol. The Kier molecular flexibility index (Phi) is 5.45. The van der Waals surface area contributed by atoms with E-state index < -0.39 is 0 Å². The number of nitrogens with one attached hydrogen (secondary N) is 2. The zero-order valence-corrected chi connectivity index (χ0v) is 13.9. The van der Waals surface area contributed by atoms with E-state index in [1.807, 2.05) is 57.2 Å². The second kappa shape index (κ2) is 7.32. The van der Waals surface area contributed by atoms with Gasteiger partial charge in [-0.15, -0.1) is 0 Å². The molecule has 2 rings (SSSR count). The maximum Gasteiger partial charge on any atom is 0.226 e. The summed E-state index contributed by atoms with van der Waals surface area (Å²) in [5.74, 6) is -0.000548. The van der Waals surface area contributed by atoms with Crippen LogP contribution in [-0.4, -0.2) is 12.5 Å². The van der Waals surface area contributed by atoms with Crippen LogP contribution in [0.2, 0.25) is 5.02 Å². The number of anilines is 2. The largest absolute Gasteiger partial charge is 0.384 e. The molecule has 0 aliphatic rings. The average Bonchev–Trinajstić information content (AvgIpc) is 2.47. The highest BCUT2D eigenvalue weighted by atomic mass is 35.5. The van der Waals surface area contributed by atoms with Crippen LogP contribution in [0.1, 0.15) is 23.1 Å². The van der Waals surface area contributed by atoms with E-state index in [0.717, 1.165) is 33.1 Å². The highest BCUT2D eigenvalue weighted by Crippen LogP contribution is 2.20. The van der Waals surface area contributed by atoms with Crippen LogP contribution in [-0.2, 0) is 4.79 Å². The maximum atomic E-state index is 12.0. The van der Waals surface area contributed by atoms with Crippen molar-refractivity contribution in [2.24, 2.45) is 0 Å². The Bertz CT molecular complexity index is 683. The normalized spacial score (nSPS) is 10.4. The van der Waals surface area contributed by atoms with E-state index in [0.29, 0.717) is 13.0 Å². The van der Waals surface area contributed by atoms with Crippen LogP contribution < -0.4 is 10.6 Å². The van der Waals surface area contributed by atoms with Gasteiger partial charge in [0.15, 0.2) is 0 Å². The Hall–Kier alpha value is -2.00. The first kappa shape index (κ1) is 16.4. The van der Waals surface area contributed by atoms with E-state index in [2.05, 4.69) is 10.6 Å². The van der Waals surface area contributed by atoms with Crippen molar-refractivity contribution in [2.75, 3.05) is 17.2 Å². The summed E-state index contributed by atoms with van der Waals surface area (Å²) in [7, 11) is 0. The smallest absolute Gasteiger partial charge is 0.226 e. The quantitative estimate of drug-likeness (QED) is 0.839. The minimum Gasteiger partial charge on any atom is -0.384 e. The van der Waals surface area contributed by atoms with E-state index in [4.69, 9.17) is 11.6 Å². The predicted octanol–water partition coefficient (Wildman–Crippen LogP) is 4.71. The molecule has 116 valence electrons. The van der Waals surface area contributed by atoms with E-state index in [9.17, 15) is 4.79 Å². The standard InChI is InChI=1S/C18H21ClN2O/c1-12-4-5-14(3)17(10-12)21-18(22)8-9-20-15-7-6-13(2)16(19)11-15/h4-7,10-11,20H,8-9H2,1-3H3,(H,21,22). The number of hydrogen-bond donors (Lipinski definition) is 2. The molecule has 1 amide bonds. The molecule has 0 saturated carbocycles. The van der Waals surface area contributed by atoms with Gasteiger partial charge in [-0.1, -0.05) is 29.8 Å². The summed E-state index contributed by atoms with van der Waals surface area (Å²) in [4.78, 5) is 12.0. The van der Waals surface area contributed by atoms with Gasteiger partial charge in [0, 0.05) is 29.4 Å². The van der Waals surface area contributed by atoms with Crippen LogP contribution in [0, 0.1) is 20.8 Å². The molecule has 0 aliphatic heterocycles. The van der Waals surface area contributed by atoms with Crippen LogP contribution >= 0.6 is 11.6 Å². The first-order valence-corrected chi connectivity index (χ1v) is 7.70. The predicted molar refractivity (Wildman–Crippen MR) is 93.8 cm³/mol. The molecule has 3 nitrogen and oxygen atoms in total. The molecular formula is C18H21ClN2O. The first-order chi connectivity index (χ1) is 10.5. The van der Waals surface area contributed by atoms with Gasteiger partial charge in [-0.25, -0.2) is 0 Å². The molecule has 0 fully saturated rings. The fourth-order valence-corrected chi connectivity index (χ4v) is 2.29. The molecule has 2 aromatic carbocycles. The summed E-state index contributed by atoms with van der Waals surface area (Å²) >= 11 is 6.08. The zero-order chi connectivity index (χ0) is 16.1. The summed E-state index contributed by atoms with van der Waals surface area (Å²) in [5.41, 5.74) is 5.05. The number of aryl methyl sites for hydroxylation is 3. The Morgan fingerprint density at radius 2 is 1.77 bits per heavy atom. The van der Waals surface area contributed by atoms with Gasteiger partial charge >= 0.3 is 0 Å². The summed E-state index contributed by atoms with van der Waals surface area (Å²) < 4.78 is 0. The van der Waals surface area contributed by atoms with Gasteiger partial charge in [-0.3, -0.25) is 4.79 Å². The third kappa shape index (κ3) is 4.50. The number of rotatable bonds is 5. The maximum absolute atomic E-state index is 12.0. The Labute approximate surface area is 136 Å². The van der Waals surface area contributed by atoms with Gasteiger partial charge in [-0.2, -0.15) is 0 Å². The Morgan fingerprint density at radius 3 is 2.50 bits per heavy atom. The molecule has 0 spiro atoms. The second-order valence-corrected chi connectivity index (χ2v) is 5.91. The summed E-state index contributed by atoms with van der Waals surface area (Å²) in [5, 5.41) is 6.89. The highest BCUT2D eigenvalue weighted by molar-refractivity contribution is 6.31. The van der Waals surface area contributed by atoms with E-state index in [-0.39, 0.29) is 5.91 Å². The number of hydrogen-bond acceptors (Lipinski definition) is 2. The monoisotopic (exact) mass is 316 g/mol. The zero-order valence-electron chi connectivity index (χ0n) is 13.2. The lowest BCUT2D eigenvalue weighted by atomic mass is 10.1. The number of amides is 1. The number of carbonyl (C=O) groups is 1. The molecule has 4 heteroatoms. The van der Waals surface area contributed by atoms with Crippen LogP contribution in [0.25, 0.3) is 0 Å². The number of halogens is 1. The first-order valence-electron chi connectivity index (χ1n) is 7.33. The van der Waals surface area contributed by atoms with E-state index >= 15 is 0 Å². The molecule has 0 heterocycles.